The molecule has 6 nitrogen and oxygen atoms in total. The second-order valence-corrected chi connectivity index (χ2v) is 3.77. The van der Waals surface area contributed by atoms with Gasteiger partial charge in [-0.2, -0.15) is 0 Å². The molecule has 1 atom stereocenters. The van der Waals surface area contributed by atoms with Crippen molar-refractivity contribution < 1.29 is 19.2 Å². The average molecular weight is 228 g/mol. The number of aliphatic hydroxyl groups is 1. The number of carbonyl (C=O) groups excluding carboxylic acids is 1. The van der Waals surface area contributed by atoms with Crippen LogP contribution in [0.25, 0.3) is 0 Å². The summed E-state index contributed by atoms with van der Waals surface area (Å²) in [6.45, 7) is 3.65. The third kappa shape index (κ3) is 3.23. The van der Waals surface area contributed by atoms with Crippen LogP contribution in [0.1, 0.15) is 30.8 Å². The first-order valence-electron chi connectivity index (χ1n) is 5.00. The van der Waals surface area contributed by atoms with Gasteiger partial charge >= 0.3 is 5.95 Å². The zero-order valence-electron chi connectivity index (χ0n) is 9.61. The lowest BCUT2D eigenvalue weighted by molar-refractivity contribution is 0.0516. The van der Waals surface area contributed by atoms with Crippen LogP contribution in [-0.2, 0) is 0 Å². The average Bonchev–Trinajstić information content (AvgIpc) is 2.74. The molecule has 90 valence electrons. The standard InChI is InChI=1S/C10H16N2O4/c1-4-10(2,14)6-11-9(13)7-5-8(15-3)16-12-7/h5,14H,4,6H2,1-3H3,(H,11,13). The fourth-order valence-corrected chi connectivity index (χ4v) is 0.948. The van der Waals surface area contributed by atoms with Crippen LogP contribution in [0.5, 0.6) is 5.95 Å². The number of hydrogen-bond donors (Lipinski definition) is 2. The largest absolute Gasteiger partial charge is 0.467 e. The van der Waals surface area contributed by atoms with Gasteiger partial charge in [-0.3, -0.25) is 4.79 Å². The maximum atomic E-state index is 11.5. The van der Waals surface area contributed by atoms with E-state index in [2.05, 4.69) is 10.5 Å². The minimum atomic E-state index is -0.913. The second-order valence-electron chi connectivity index (χ2n) is 3.77. The third-order valence-corrected chi connectivity index (χ3v) is 2.31. The molecule has 0 aliphatic heterocycles. The van der Waals surface area contributed by atoms with E-state index in [0.29, 0.717) is 6.42 Å². The van der Waals surface area contributed by atoms with Gasteiger partial charge < -0.3 is 19.7 Å². The summed E-state index contributed by atoms with van der Waals surface area (Å²) in [5.74, 6) is -0.229. The Morgan fingerprint density at radius 2 is 2.44 bits per heavy atom. The summed E-state index contributed by atoms with van der Waals surface area (Å²) >= 11 is 0. The molecule has 0 bridgehead atoms. The molecule has 6 heteroatoms. The van der Waals surface area contributed by atoms with Gasteiger partial charge in [0.05, 0.1) is 18.8 Å². The van der Waals surface area contributed by atoms with Crippen molar-refractivity contribution in [1.82, 2.24) is 10.5 Å². The van der Waals surface area contributed by atoms with Crippen molar-refractivity contribution in [3.05, 3.63) is 11.8 Å². The van der Waals surface area contributed by atoms with Gasteiger partial charge in [-0.25, -0.2) is 0 Å². The predicted molar refractivity (Wildman–Crippen MR) is 56.3 cm³/mol. The van der Waals surface area contributed by atoms with Gasteiger partial charge in [0.25, 0.3) is 5.91 Å². The molecule has 0 radical (unpaired) electrons. The van der Waals surface area contributed by atoms with Crippen LogP contribution < -0.4 is 10.1 Å². The highest BCUT2D eigenvalue weighted by Crippen LogP contribution is 2.12. The molecule has 0 spiro atoms. The van der Waals surface area contributed by atoms with Gasteiger partial charge in [0.1, 0.15) is 0 Å². The number of nitrogens with one attached hydrogen (secondary N) is 1. The highest BCUT2D eigenvalue weighted by Gasteiger charge is 2.20. The van der Waals surface area contributed by atoms with Crippen molar-refractivity contribution >= 4 is 5.91 Å². The molecule has 0 aromatic carbocycles. The minimum absolute atomic E-state index is 0.128. The maximum absolute atomic E-state index is 11.5. The van der Waals surface area contributed by atoms with Gasteiger partial charge in [-0.1, -0.05) is 12.1 Å². The number of amides is 1. The molecular formula is C10H16N2O4. The summed E-state index contributed by atoms with van der Waals surface area (Å²) in [5.41, 5.74) is -0.785. The molecule has 1 aromatic heterocycles. The fourth-order valence-electron chi connectivity index (χ4n) is 0.948. The number of methoxy groups -OCH3 is 1. The third-order valence-electron chi connectivity index (χ3n) is 2.31. The van der Waals surface area contributed by atoms with Crippen LogP contribution in [0, 0.1) is 0 Å². The lowest BCUT2D eigenvalue weighted by atomic mass is 10.0. The molecule has 1 rings (SSSR count). The van der Waals surface area contributed by atoms with E-state index in [9.17, 15) is 9.90 Å². The zero-order chi connectivity index (χ0) is 12.2. The highest BCUT2D eigenvalue weighted by molar-refractivity contribution is 5.92. The molecule has 1 unspecified atom stereocenters. The molecule has 1 heterocycles. The minimum Gasteiger partial charge on any atom is -0.467 e. The number of carbonyl (C=O) groups is 1. The topological polar surface area (TPSA) is 84.6 Å². The zero-order valence-corrected chi connectivity index (χ0v) is 9.61. The Bertz CT molecular complexity index is 359. The van der Waals surface area contributed by atoms with E-state index in [4.69, 9.17) is 9.26 Å². The summed E-state index contributed by atoms with van der Waals surface area (Å²) in [4.78, 5) is 11.5. The Kier molecular flexibility index (Phi) is 3.89. The normalized spacial score (nSPS) is 14.2. The Labute approximate surface area is 93.6 Å². The van der Waals surface area contributed by atoms with Crippen molar-refractivity contribution in [2.24, 2.45) is 0 Å². The number of aromatic nitrogens is 1. The van der Waals surface area contributed by atoms with E-state index in [1.165, 1.54) is 13.2 Å². The molecule has 1 aromatic rings. The van der Waals surface area contributed by atoms with Gasteiger partial charge in [-0.15, -0.1) is 0 Å². The SMILES string of the molecule is CCC(C)(O)CNC(=O)c1cc(OC)on1. The predicted octanol–water partition coefficient (Wildman–Crippen LogP) is 0.574. The molecule has 2 N–H and O–H groups in total. The molecule has 0 aliphatic rings. The molecule has 0 saturated heterocycles. The van der Waals surface area contributed by atoms with Crippen LogP contribution in [0.15, 0.2) is 10.6 Å². The van der Waals surface area contributed by atoms with Gasteiger partial charge in [0, 0.05) is 6.54 Å². The lowest BCUT2D eigenvalue weighted by Crippen LogP contribution is -2.40. The summed E-state index contributed by atoms with van der Waals surface area (Å²) in [6, 6.07) is 1.38. The monoisotopic (exact) mass is 228 g/mol. The van der Waals surface area contributed by atoms with Gasteiger partial charge in [0.15, 0.2) is 5.69 Å². The fraction of sp³-hybridized carbons (Fsp3) is 0.600. The Morgan fingerprint density at radius 1 is 1.75 bits per heavy atom. The number of rotatable bonds is 5. The highest BCUT2D eigenvalue weighted by atomic mass is 16.6. The summed E-state index contributed by atoms with van der Waals surface area (Å²) < 4.78 is 9.45. The van der Waals surface area contributed by atoms with Crippen molar-refractivity contribution in [3.8, 4) is 5.95 Å². The van der Waals surface area contributed by atoms with Crippen LogP contribution in [0.2, 0.25) is 0 Å². The van der Waals surface area contributed by atoms with E-state index in [0.717, 1.165) is 0 Å². The van der Waals surface area contributed by atoms with Crippen molar-refractivity contribution in [3.63, 3.8) is 0 Å². The molecule has 16 heavy (non-hydrogen) atoms. The smallest absolute Gasteiger partial charge is 0.311 e. The van der Waals surface area contributed by atoms with E-state index in [1.807, 2.05) is 6.92 Å². The summed E-state index contributed by atoms with van der Waals surface area (Å²) in [6.07, 6.45) is 0.551. The van der Waals surface area contributed by atoms with E-state index < -0.39 is 11.5 Å². The van der Waals surface area contributed by atoms with E-state index in [1.54, 1.807) is 6.92 Å². The Morgan fingerprint density at radius 3 is 2.94 bits per heavy atom. The summed E-state index contributed by atoms with van der Waals surface area (Å²) in [7, 11) is 1.42. The van der Waals surface area contributed by atoms with Crippen LogP contribution >= 0.6 is 0 Å². The molecule has 0 saturated carbocycles. The second kappa shape index (κ2) is 4.98. The van der Waals surface area contributed by atoms with Crippen LogP contribution in [-0.4, -0.2) is 35.4 Å². The molecular weight excluding hydrogens is 212 g/mol. The van der Waals surface area contributed by atoms with Crippen LogP contribution in [0.4, 0.5) is 0 Å². The first kappa shape index (κ1) is 12.5. The number of ether oxygens (including phenoxy) is 1. The Hall–Kier alpha value is -1.56. The van der Waals surface area contributed by atoms with E-state index in [-0.39, 0.29) is 18.2 Å². The van der Waals surface area contributed by atoms with Gasteiger partial charge in [0.2, 0.25) is 0 Å². The molecule has 0 fully saturated rings. The van der Waals surface area contributed by atoms with Crippen LogP contribution in [0.3, 0.4) is 0 Å². The maximum Gasteiger partial charge on any atom is 0.311 e. The van der Waals surface area contributed by atoms with Crippen molar-refractivity contribution in [1.29, 1.82) is 0 Å². The van der Waals surface area contributed by atoms with Crippen molar-refractivity contribution in [2.45, 2.75) is 25.9 Å². The lowest BCUT2D eigenvalue weighted by Gasteiger charge is -2.20. The Balaban J connectivity index is 2.53. The van der Waals surface area contributed by atoms with Crippen molar-refractivity contribution in [2.75, 3.05) is 13.7 Å². The first-order chi connectivity index (χ1) is 7.48. The van der Waals surface area contributed by atoms with E-state index >= 15 is 0 Å². The molecule has 1 amide bonds. The molecule has 0 aliphatic carbocycles. The number of hydrogen-bond acceptors (Lipinski definition) is 5. The van der Waals surface area contributed by atoms with Gasteiger partial charge in [-0.05, 0) is 13.3 Å². The first-order valence-corrected chi connectivity index (χ1v) is 5.00. The summed E-state index contributed by atoms with van der Waals surface area (Å²) in [5, 5.41) is 15.8. The quantitative estimate of drug-likeness (QED) is 0.769. The number of nitrogens with zero attached hydrogens (tertiary/aromatic N) is 1.